The largest absolute Gasteiger partial charge is 0.493 e. The Morgan fingerprint density at radius 3 is 2.57 bits per heavy atom. The number of benzene rings is 1. The number of hydrogen-bond acceptors (Lipinski definition) is 10. The van der Waals surface area contributed by atoms with Crippen LogP contribution >= 0.6 is 11.3 Å². The second-order valence-corrected chi connectivity index (χ2v) is 8.85. The highest BCUT2D eigenvalue weighted by Gasteiger charge is 2.32. The molecule has 1 fully saturated rings. The molecule has 4 aromatic rings. The molecule has 3 aromatic heterocycles. The number of anilines is 3. The van der Waals surface area contributed by atoms with Crippen LogP contribution in [0.4, 0.5) is 17.5 Å². The Balaban J connectivity index is 1.47. The molecule has 35 heavy (non-hydrogen) atoms. The summed E-state index contributed by atoms with van der Waals surface area (Å²) in [7, 11) is 4.71. The third kappa shape index (κ3) is 4.16. The van der Waals surface area contributed by atoms with Gasteiger partial charge in [0.1, 0.15) is 29.5 Å². The molecule has 0 spiro atoms. The van der Waals surface area contributed by atoms with E-state index in [4.69, 9.17) is 24.9 Å². The molecule has 1 aromatic carbocycles. The maximum Gasteiger partial charge on any atom is 0.240 e. The van der Waals surface area contributed by atoms with Crippen molar-refractivity contribution in [2.45, 2.75) is 18.9 Å². The lowest BCUT2D eigenvalue weighted by molar-refractivity contribution is -0.119. The zero-order chi connectivity index (χ0) is 24.5. The van der Waals surface area contributed by atoms with Crippen molar-refractivity contribution in [2.24, 2.45) is 5.73 Å². The van der Waals surface area contributed by atoms with Crippen LogP contribution in [-0.4, -0.2) is 59.3 Å². The molecule has 4 heterocycles. The number of carbonyl (C=O) groups excluding carboxylic acids is 1. The number of primary amides is 1. The topological polar surface area (TPSA) is 130 Å². The molecule has 0 saturated carbocycles. The molecule has 3 N–H and O–H groups in total. The minimum Gasteiger partial charge on any atom is -0.493 e. The number of hydrogen-bond donors (Lipinski definition) is 2. The second-order valence-electron chi connectivity index (χ2n) is 7.96. The van der Waals surface area contributed by atoms with Crippen molar-refractivity contribution in [1.29, 1.82) is 0 Å². The molecule has 1 atom stereocenters. The van der Waals surface area contributed by atoms with E-state index in [1.54, 1.807) is 33.2 Å². The van der Waals surface area contributed by atoms with Gasteiger partial charge >= 0.3 is 0 Å². The zero-order valence-electron chi connectivity index (χ0n) is 19.5. The van der Waals surface area contributed by atoms with E-state index in [2.05, 4.69) is 15.3 Å². The number of fused-ring (bicyclic) bond motifs is 1. The molecule has 0 bridgehead atoms. The number of imidazole rings is 1. The lowest BCUT2D eigenvalue weighted by atomic mass is 10.2. The van der Waals surface area contributed by atoms with E-state index in [1.807, 2.05) is 33.9 Å². The molecule has 1 aliphatic rings. The monoisotopic (exact) mass is 495 g/mol. The Morgan fingerprint density at radius 2 is 1.89 bits per heavy atom. The SMILES string of the molecule is COc1cc(-n2cnc(Nc3cc4scnc4c(N4CCC[C@H]4C(N)=O)n3)c2)cc(OC)c1OC. The van der Waals surface area contributed by atoms with Crippen LogP contribution < -0.4 is 30.2 Å². The number of nitrogens with zero attached hydrogens (tertiary/aromatic N) is 5. The number of thiazole rings is 1. The Kier molecular flexibility index (Phi) is 6.03. The van der Waals surface area contributed by atoms with Gasteiger partial charge in [-0.25, -0.2) is 15.0 Å². The fourth-order valence-corrected chi connectivity index (χ4v) is 5.01. The fraction of sp³-hybridized carbons (Fsp3) is 0.304. The highest BCUT2D eigenvalue weighted by atomic mass is 32.1. The number of carbonyl (C=O) groups is 1. The van der Waals surface area contributed by atoms with Crippen LogP contribution in [0.5, 0.6) is 17.2 Å². The number of aromatic nitrogens is 4. The number of amides is 1. The molecule has 0 radical (unpaired) electrons. The van der Waals surface area contributed by atoms with Crippen LogP contribution in [0.3, 0.4) is 0 Å². The highest BCUT2D eigenvalue weighted by Crippen LogP contribution is 2.39. The number of methoxy groups -OCH3 is 3. The van der Waals surface area contributed by atoms with Crippen molar-refractivity contribution in [3.8, 4) is 22.9 Å². The van der Waals surface area contributed by atoms with Crippen molar-refractivity contribution in [3.63, 3.8) is 0 Å². The number of nitrogens with two attached hydrogens (primary N) is 1. The number of pyridine rings is 1. The quantitative estimate of drug-likeness (QED) is 0.379. The number of ether oxygens (including phenoxy) is 3. The zero-order valence-corrected chi connectivity index (χ0v) is 20.3. The minimum atomic E-state index is -0.387. The number of nitrogens with one attached hydrogen (secondary N) is 1. The lowest BCUT2D eigenvalue weighted by Gasteiger charge is -2.24. The molecule has 0 aliphatic carbocycles. The molecular formula is C23H25N7O4S. The van der Waals surface area contributed by atoms with Gasteiger partial charge in [-0.15, -0.1) is 11.3 Å². The predicted molar refractivity (Wildman–Crippen MR) is 133 cm³/mol. The fourth-order valence-electron chi connectivity index (χ4n) is 4.31. The van der Waals surface area contributed by atoms with Crippen molar-refractivity contribution in [1.82, 2.24) is 19.5 Å². The van der Waals surface area contributed by atoms with E-state index < -0.39 is 0 Å². The summed E-state index contributed by atoms with van der Waals surface area (Å²) in [5, 5.41) is 3.27. The van der Waals surface area contributed by atoms with Gasteiger partial charge in [0.05, 0.1) is 43.4 Å². The average molecular weight is 496 g/mol. The summed E-state index contributed by atoms with van der Waals surface area (Å²) in [5.41, 5.74) is 8.96. The maximum atomic E-state index is 12.0. The summed E-state index contributed by atoms with van der Waals surface area (Å²) in [4.78, 5) is 27.7. The summed E-state index contributed by atoms with van der Waals surface area (Å²) in [6.07, 6.45) is 5.09. The maximum absolute atomic E-state index is 12.0. The Labute approximate surface area is 205 Å². The minimum absolute atomic E-state index is 0.352. The summed E-state index contributed by atoms with van der Waals surface area (Å²) >= 11 is 1.51. The second kappa shape index (κ2) is 9.29. The van der Waals surface area contributed by atoms with Gasteiger partial charge in [0.2, 0.25) is 11.7 Å². The van der Waals surface area contributed by atoms with Crippen LogP contribution in [-0.2, 0) is 4.79 Å². The van der Waals surface area contributed by atoms with Crippen LogP contribution in [0, 0.1) is 0 Å². The molecule has 11 nitrogen and oxygen atoms in total. The summed E-state index contributed by atoms with van der Waals surface area (Å²) in [5.74, 6) is 3.09. The average Bonchev–Trinajstić information content (AvgIpc) is 3.63. The Hall–Kier alpha value is -4.06. The van der Waals surface area contributed by atoms with Crippen molar-refractivity contribution < 1.29 is 19.0 Å². The van der Waals surface area contributed by atoms with Crippen molar-refractivity contribution in [2.75, 3.05) is 38.1 Å². The first kappa shape index (κ1) is 22.7. The predicted octanol–water partition coefficient (Wildman–Crippen LogP) is 3.10. The van der Waals surface area contributed by atoms with Crippen LogP contribution in [0.1, 0.15) is 12.8 Å². The van der Waals surface area contributed by atoms with Crippen LogP contribution in [0.25, 0.3) is 15.9 Å². The third-order valence-corrected chi connectivity index (χ3v) is 6.72. The molecule has 1 amide bonds. The van der Waals surface area contributed by atoms with Crippen molar-refractivity contribution >= 4 is 44.9 Å². The van der Waals surface area contributed by atoms with Gasteiger partial charge in [-0.1, -0.05) is 0 Å². The first-order valence-corrected chi connectivity index (χ1v) is 11.8. The van der Waals surface area contributed by atoms with Gasteiger partial charge in [-0.3, -0.25) is 4.79 Å². The summed E-state index contributed by atoms with van der Waals surface area (Å²) in [6.45, 7) is 0.701. The summed E-state index contributed by atoms with van der Waals surface area (Å²) < 4.78 is 19.1. The highest BCUT2D eigenvalue weighted by molar-refractivity contribution is 7.16. The standard InChI is InChI=1S/C23H25N7O4S/c1-32-15-7-13(8-16(33-2)21(15)34-3)29-10-19(25-11-29)27-18-9-17-20(26-12-35-17)23(28-18)30-6-4-5-14(30)22(24)31/h7-12,14H,4-6H2,1-3H3,(H2,24,31)(H,27,28)/t14-/m0/s1. The molecule has 1 aliphatic heterocycles. The number of rotatable bonds is 8. The van der Waals surface area contributed by atoms with E-state index in [0.29, 0.717) is 47.7 Å². The molecule has 182 valence electrons. The first-order valence-electron chi connectivity index (χ1n) is 10.9. The molecule has 5 rings (SSSR count). The first-order chi connectivity index (χ1) is 17.0. The van der Waals surface area contributed by atoms with Crippen LogP contribution in [0.2, 0.25) is 0 Å². The lowest BCUT2D eigenvalue weighted by Crippen LogP contribution is -2.40. The summed E-state index contributed by atoms with van der Waals surface area (Å²) in [6, 6.07) is 5.21. The smallest absolute Gasteiger partial charge is 0.240 e. The van der Waals surface area contributed by atoms with Crippen molar-refractivity contribution in [3.05, 3.63) is 36.2 Å². The Morgan fingerprint density at radius 1 is 1.11 bits per heavy atom. The molecular weight excluding hydrogens is 470 g/mol. The van der Waals surface area contributed by atoms with E-state index in [0.717, 1.165) is 22.3 Å². The van der Waals surface area contributed by atoms with E-state index in [-0.39, 0.29) is 11.9 Å². The van der Waals surface area contributed by atoms with Gasteiger partial charge in [-0.2, -0.15) is 0 Å². The normalized spacial score (nSPS) is 15.4. The molecule has 1 saturated heterocycles. The van der Waals surface area contributed by atoms with Gasteiger partial charge < -0.3 is 34.7 Å². The van der Waals surface area contributed by atoms with E-state index in [9.17, 15) is 4.79 Å². The van der Waals surface area contributed by atoms with Gasteiger partial charge in [0.15, 0.2) is 17.3 Å². The van der Waals surface area contributed by atoms with E-state index >= 15 is 0 Å². The van der Waals surface area contributed by atoms with Gasteiger partial charge in [0.25, 0.3) is 0 Å². The van der Waals surface area contributed by atoms with E-state index in [1.165, 1.54) is 11.3 Å². The molecule has 0 unspecified atom stereocenters. The molecule has 12 heteroatoms. The van der Waals surface area contributed by atoms with Crippen LogP contribution in [0.15, 0.2) is 36.2 Å². The third-order valence-electron chi connectivity index (χ3n) is 5.94. The Bertz CT molecular complexity index is 1360. The van der Waals surface area contributed by atoms with Gasteiger partial charge in [0, 0.05) is 24.7 Å². The van der Waals surface area contributed by atoms with Gasteiger partial charge in [-0.05, 0) is 12.8 Å².